The van der Waals surface area contributed by atoms with E-state index in [9.17, 15) is 0 Å². The Kier molecular flexibility index (Phi) is 16.1. The van der Waals surface area contributed by atoms with Gasteiger partial charge in [0.2, 0.25) is 0 Å². The van der Waals surface area contributed by atoms with E-state index in [1.165, 1.54) is 89.9 Å². The molecule has 0 fully saturated rings. The van der Waals surface area contributed by atoms with E-state index in [2.05, 4.69) is 27.2 Å². The van der Waals surface area contributed by atoms with E-state index >= 15 is 0 Å². The van der Waals surface area contributed by atoms with Gasteiger partial charge in [-0.25, -0.2) is 0 Å². The first-order valence-corrected chi connectivity index (χ1v) is 9.16. The van der Waals surface area contributed by atoms with Crippen molar-refractivity contribution in [2.75, 3.05) is 0 Å². The molecule has 115 valence electrons. The molecule has 0 aromatic rings. The van der Waals surface area contributed by atoms with Gasteiger partial charge in [-0.2, -0.15) is 0 Å². The molecule has 0 amide bonds. The second-order valence-corrected chi connectivity index (χ2v) is 6.22. The molecule has 0 nitrogen and oxygen atoms in total. The predicted molar refractivity (Wildman–Crippen MR) is 89.5 cm³/mol. The molecule has 0 heterocycles. The van der Waals surface area contributed by atoms with Gasteiger partial charge in [0.15, 0.2) is 0 Å². The van der Waals surface area contributed by atoms with Crippen LogP contribution in [-0.4, -0.2) is 0 Å². The zero-order valence-corrected chi connectivity index (χ0v) is 14.1. The topological polar surface area (TPSA) is 0 Å². The molecule has 0 N–H and O–H groups in total. The Morgan fingerprint density at radius 2 is 1.16 bits per heavy atom. The van der Waals surface area contributed by atoms with E-state index in [0.717, 1.165) is 5.92 Å². The van der Waals surface area contributed by atoms with Crippen molar-refractivity contribution < 1.29 is 0 Å². The standard InChI is InChI=1S/C19H39/c1-4-7-8-9-10-11-12-13-14-15-18-19(16-5-2)17-6-3/h14,19H,4-13,15-18H2,1-3H3. The largest absolute Gasteiger partial charge is 0.0654 e. The lowest BCUT2D eigenvalue weighted by Gasteiger charge is -2.14. The normalized spacial score (nSPS) is 11.4. The third-order valence-corrected chi connectivity index (χ3v) is 4.18. The number of unbranched alkanes of at least 4 members (excludes halogenated alkanes) is 9. The lowest BCUT2D eigenvalue weighted by Crippen LogP contribution is -1.99. The van der Waals surface area contributed by atoms with Gasteiger partial charge in [-0.1, -0.05) is 104 Å². The van der Waals surface area contributed by atoms with Gasteiger partial charge in [0.25, 0.3) is 0 Å². The van der Waals surface area contributed by atoms with E-state index in [0.29, 0.717) is 0 Å². The molecule has 0 aliphatic carbocycles. The highest BCUT2D eigenvalue weighted by Crippen LogP contribution is 2.21. The first-order chi connectivity index (χ1) is 9.35. The van der Waals surface area contributed by atoms with Gasteiger partial charge in [0, 0.05) is 0 Å². The molecule has 0 aromatic carbocycles. The van der Waals surface area contributed by atoms with Crippen molar-refractivity contribution in [2.45, 2.75) is 111 Å². The Labute approximate surface area is 123 Å². The first kappa shape index (κ1) is 19.0. The molecular weight excluding hydrogens is 228 g/mol. The highest BCUT2D eigenvalue weighted by atomic mass is 14.1. The number of rotatable bonds is 15. The molecule has 0 aromatic heterocycles. The fourth-order valence-electron chi connectivity index (χ4n) is 2.99. The summed E-state index contributed by atoms with van der Waals surface area (Å²) in [6.45, 7) is 6.94. The molecule has 0 bridgehead atoms. The van der Waals surface area contributed by atoms with Crippen LogP contribution >= 0.6 is 0 Å². The lowest BCUT2D eigenvalue weighted by molar-refractivity contribution is 0.407. The summed E-state index contributed by atoms with van der Waals surface area (Å²) in [6.07, 6.45) is 22.4. The van der Waals surface area contributed by atoms with Gasteiger partial charge >= 0.3 is 0 Å². The summed E-state index contributed by atoms with van der Waals surface area (Å²) in [7, 11) is 0. The maximum Gasteiger partial charge on any atom is -0.0386 e. The zero-order chi connectivity index (χ0) is 14.2. The highest BCUT2D eigenvalue weighted by Gasteiger charge is 2.05. The van der Waals surface area contributed by atoms with Gasteiger partial charge in [-0.3, -0.25) is 0 Å². The molecule has 0 rings (SSSR count). The van der Waals surface area contributed by atoms with Crippen LogP contribution in [0, 0.1) is 12.3 Å². The van der Waals surface area contributed by atoms with Crippen LogP contribution in [0.4, 0.5) is 0 Å². The fraction of sp³-hybridized carbons (Fsp3) is 0.947. The summed E-state index contributed by atoms with van der Waals surface area (Å²) in [5.41, 5.74) is 0. The van der Waals surface area contributed by atoms with E-state index in [4.69, 9.17) is 0 Å². The summed E-state index contributed by atoms with van der Waals surface area (Å²) >= 11 is 0. The lowest BCUT2D eigenvalue weighted by atomic mass is 9.92. The molecule has 0 saturated carbocycles. The monoisotopic (exact) mass is 267 g/mol. The van der Waals surface area contributed by atoms with Crippen molar-refractivity contribution in [3.63, 3.8) is 0 Å². The average Bonchev–Trinajstić information content (AvgIpc) is 2.41. The van der Waals surface area contributed by atoms with Crippen molar-refractivity contribution in [3.05, 3.63) is 6.42 Å². The third kappa shape index (κ3) is 14.2. The van der Waals surface area contributed by atoms with Crippen LogP contribution in [0.5, 0.6) is 0 Å². The molecule has 0 spiro atoms. The smallest absolute Gasteiger partial charge is 0.0386 e. The van der Waals surface area contributed by atoms with Crippen LogP contribution < -0.4 is 0 Å². The van der Waals surface area contributed by atoms with Crippen LogP contribution in [0.3, 0.4) is 0 Å². The summed E-state index contributed by atoms with van der Waals surface area (Å²) in [5, 5.41) is 0. The van der Waals surface area contributed by atoms with Crippen LogP contribution in [0.25, 0.3) is 0 Å². The minimum Gasteiger partial charge on any atom is -0.0654 e. The molecule has 1 radical (unpaired) electrons. The van der Waals surface area contributed by atoms with Crippen molar-refractivity contribution in [2.24, 2.45) is 5.92 Å². The summed E-state index contributed by atoms with van der Waals surface area (Å²) in [6, 6.07) is 0. The number of hydrogen-bond acceptors (Lipinski definition) is 0. The summed E-state index contributed by atoms with van der Waals surface area (Å²) in [4.78, 5) is 0. The van der Waals surface area contributed by atoms with Crippen LogP contribution in [0.15, 0.2) is 0 Å². The molecule has 0 aliphatic heterocycles. The second kappa shape index (κ2) is 16.1. The molecule has 19 heavy (non-hydrogen) atoms. The number of hydrogen-bond donors (Lipinski definition) is 0. The summed E-state index contributed by atoms with van der Waals surface area (Å²) < 4.78 is 0. The van der Waals surface area contributed by atoms with Gasteiger partial charge < -0.3 is 0 Å². The fourth-order valence-corrected chi connectivity index (χ4v) is 2.99. The van der Waals surface area contributed by atoms with Crippen molar-refractivity contribution in [1.29, 1.82) is 0 Å². The van der Waals surface area contributed by atoms with Crippen molar-refractivity contribution in [1.82, 2.24) is 0 Å². The van der Waals surface area contributed by atoms with Gasteiger partial charge in [-0.05, 0) is 18.8 Å². The predicted octanol–water partition coefficient (Wildman–Crippen LogP) is 7.33. The van der Waals surface area contributed by atoms with Gasteiger partial charge in [0.05, 0.1) is 0 Å². The Morgan fingerprint density at radius 3 is 1.74 bits per heavy atom. The first-order valence-electron chi connectivity index (χ1n) is 9.16. The van der Waals surface area contributed by atoms with Gasteiger partial charge in [-0.15, -0.1) is 0 Å². The molecule has 0 heteroatoms. The average molecular weight is 268 g/mol. The maximum absolute atomic E-state index is 2.56. The molecule has 0 saturated heterocycles. The van der Waals surface area contributed by atoms with E-state index in [1.54, 1.807) is 0 Å². The molecular formula is C19H39. The third-order valence-electron chi connectivity index (χ3n) is 4.18. The van der Waals surface area contributed by atoms with Crippen molar-refractivity contribution in [3.8, 4) is 0 Å². The van der Waals surface area contributed by atoms with Crippen LogP contribution in [0.1, 0.15) is 111 Å². The van der Waals surface area contributed by atoms with Crippen LogP contribution in [0.2, 0.25) is 0 Å². The van der Waals surface area contributed by atoms with Crippen LogP contribution in [-0.2, 0) is 0 Å². The maximum atomic E-state index is 2.56. The molecule has 0 aliphatic rings. The zero-order valence-electron chi connectivity index (χ0n) is 14.1. The van der Waals surface area contributed by atoms with E-state index in [-0.39, 0.29) is 0 Å². The van der Waals surface area contributed by atoms with Crippen molar-refractivity contribution >= 4 is 0 Å². The Balaban J connectivity index is 3.20. The quantitative estimate of drug-likeness (QED) is 0.272. The minimum atomic E-state index is 1.00. The second-order valence-electron chi connectivity index (χ2n) is 6.22. The Morgan fingerprint density at radius 1 is 0.579 bits per heavy atom. The van der Waals surface area contributed by atoms with Gasteiger partial charge in [0.1, 0.15) is 0 Å². The Bertz CT molecular complexity index is 144. The highest BCUT2D eigenvalue weighted by molar-refractivity contribution is 4.68. The van der Waals surface area contributed by atoms with E-state index < -0.39 is 0 Å². The summed E-state index contributed by atoms with van der Waals surface area (Å²) in [5.74, 6) is 1.00. The molecule has 0 unspecified atom stereocenters. The van der Waals surface area contributed by atoms with E-state index in [1.807, 2.05) is 0 Å². The minimum absolute atomic E-state index is 1.00. The molecule has 0 atom stereocenters. The Hall–Kier alpha value is 0. The SMILES string of the molecule is CCCCCCCCC[CH]CCC(CCC)CCC.